The average molecular weight is 386 g/mol. The van der Waals surface area contributed by atoms with Crippen LogP contribution in [0, 0.1) is 15.9 Å². The summed E-state index contributed by atoms with van der Waals surface area (Å²) in [4.78, 5) is 11.0. The van der Waals surface area contributed by atoms with E-state index in [-0.39, 0.29) is 23.0 Å². The average Bonchev–Trinajstić information content (AvgIpc) is 2.56. The monoisotopic (exact) mass is 385 g/mol. The fraction of sp³-hybridized carbons (Fsp3) is 0.250. The zero-order valence-electron chi connectivity index (χ0n) is 13.1. The van der Waals surface area contributed by atoms with Gasteiger partial charge in [0.1, 0.15) is 5.82 Å². The van der Waals surface area contributed by atoms with Gasteiger partial charge >= 0.3 is 0 Å². The van der Waals surface area contributed by atoms with Gasteiger partial charge in [-0.25, -0.2) is 4.39 Å². The number of rotatable bonds is 7. The molecule has 0 fully saturated rings. The van der Waals surface area contributed by atoms with Crippen molar-refractivity contribution in [1.82, 2.24) is 0 Å². The molecule has 25 heavy (non-hydrogen) atoms. The smallest absolute Gasteiger partial charge is 0.284 e. The van der Waals surface area contributed by atoms with Gasteiger partial charge in [-0.3, -0.25) is 10.1 Å². The van der Waals surface area contributed by atoms with E-state index in [1.807, 2.05) is 0 Å². The van der Waals surface area contributed by atoms with Crippen molar-refractivity contribution in [3.05, 3.63) is 62.9 Å². The van der Waals surface area contributed by atoms with Gasteiger partial charge in [-0.05, 0) is 30.2 Å². The normalized spacial score (nSPS) is 13.4. The van der Waals surface area contributed by atoms with Crippen LogP contribution in [0.2, 0.25) is 5.02 Å². The topological polar surface area (TPSA) is 115 Å². The Balaban J connectivity index is 2.43. The van der Waals surface area contributed by atoms with E-state index in [1.165, 1.54) is 24.3 Å². The van der Waals surface area contributed by atoms with Crippen molar-refractivity contribution in [3.63, 3.8) is 0 Å². The maximum absolute atomic E-state index is 13.6. The van der Waals surface area contributed by atoms with Crippen molar-refractivity contribution >= 4 is 34.7 Å². The zero-order chi connectivity index (χ0) is 18.6. The third-order valence-corrected chi connectivity index (χ3v) is 5.17. The summed E-state index contributed by atoms with van der Waals surface area (Å²) in [6.07, 6.45) is 0.296. The van der Waals surface area contributed by atoms with Gasteiger partial charge in [0.2, 0.25) is 0 Å². The first-order valence-electron chi connectivity index (χ1n) is 7.33. The van der Waals surface area contributed by atoms with Crippen LogP contribution >= 0.6 is 23.4 Å². The molecule has 6 nitrogen and oxygen atoms in total. The Hall–Kier alpha value is -1.87. The first-order chi connectivity index (χ1) is 11.8. The van der Waals surface area contributed by atoms with Crippen LogP contribution < -0.4 is 11.5 Å². The van der Waals surface area contributed by atoms with Crippen molar-refractivity contribution in [2.24, 2.45) is 5.73 Å². The number of benzene rings is 2. The minimum atomic E-state index is -0.553. The summed E-state index contributed by atoms with van der Waals surface area (Å²) in [5, 5.41) is 20.2. The molecule has 9 heteroatoms. The van der Waals surface area contributed by atoms with Crippen molar-refractivity contribution in [2.75, 3.05) is 12.3 Å². The first-order valence-corrected chi connectivity index (χ1v) is 8.59. The number of anilines is 1. The van der Waals surface area contributed by atoms with Gasteiger partial charge in [0, 0.05) is 17.4 Å². The number of nitro groups is 1. The van der Waals surface area contributed by atoms with Crippen LogP contribution in [0.1, 0.15) is 17.2 Å². The lowest BCUT2D eigenvalue weighted by atomic mass is 10.1. The Bertz CT molecular complexity index is 778. The summed E-state index contributed by atoms with van der Waals surface area (Å²) < 4.78 is 13.6. The second-order valence-electron chi connectivity index (χ2n) is 5.44. The van der Waals surface area contributed by atoms with E-state index in [9.17, 15) is 19.6 Å². The van der Waals surface area contributed by atoms with E-state index in [0.29, 0.717) is 16.9 Å². The quantitative estimate of drug-likeness (QED) is 0.290. The molecule has 0 heterocycles. The van der Waals surface area contributed by atoms with Gasteiger partial charge in [-0.1, -0.05) is 23.7 Å². The Kier molecular flexibility index (Phi) is 6.60. The summed E-state index contributed by atoms with van der Waals surface area (Å²) in [5.74, 6) is -0.425. The number of halogens is 2. The second-order valence-corrected chi connectivity index (χ2v) is 7.09. The summed E-state index contributed by atoms with van der Waals surface area (Å²) in [7, 11) is 0. The van der Waals surface area contributed by atoms with Crippen LogP contribution in [-0.2, 0) is 0 Å². The molecule has 0 spiro atoms. The van der Waals surface area contributed by atoms with Crippen LogP contribution in [0.15, 0.2) is 41.3 Å². The largest absolute Gasteiger partial charge is 0.397 e. The number of nitrogen functional groups attached to an aromatic ring is 1. The second kappa shape index (κ2) is 8.48. The molecule has 5 N–H and O–H groups in total. The van der Waals surface area contributed by atoms with Crippen molar-refractivity contribution in [2.45, 2.75) is 22.6 Å². The molecule has 0 bridgehead atoms. The fourth-order valence-corrected chi connectivity index (χ4v) is 3.80. The van der Waals surface area contributed by atoms with Crippen LogP contribution in [0.4, 0.5) is 15.8 Å². The minimum absolute atomic E-state index is 0.0883. The number of nitrogens with zero attached hydrogens (tertiary/aromatic N) is 1. The fourth-order valence-electron chi connectivity index (χ4n) is 2.26. The number of aliphatic hydroxyl groups is 1. The highest BCUT2D eigenvalue weighted by Crippen LogP contribution is 2.44. The molecule has 0 saturated heterocycles. The molecule has 2 aromatic carbocycles. The lowest BCUT2D eigenvalue weighted by Gasteiger charge is -2.20. The Labute approximate surface area is 153 Å². The van der Waals surface area contributed by atoms with Gasteiger partial charge in [-0.2, -0.15) is 0 Å². The minimum Gasteiger partial charge on any atom is -0.397 e. The van der Waals surface area contributed by atoms with E-state index < -0.39 is 22.0 Å². The zero-order valence-corrected chi connectivity index (χ0v) is 14.6. The molecule has 0 radical (unpaired) electrons. The Morgan fingerprint density at radius 3 is 2.68 bits per heavy atom. The molecule has 0 amide bonds. The number of thioether (sulfide) groups is 1. The number of nitrogens with two attached hydrogens (primary N) is 2. The van der Waals surface area contributed by atoms with Crippen molar-refractivity contribution in [3.8, 4) is 0 Å². The Morgan fingerprint density at radius 1 is 1.36 bits per heavy atom. The lowest BCUT2D eigenvalue weighted by Crippen LogP contribution is -2.26. The van der Waals surface area contributed by atoms with Crippen LogP contribution in [0.3, 0.4) is 0 Å². The third kappa shape index (κ3) is 5.05. The van der Waals surface area contributed by atoms with Gasteiger partial charge in [0.15, 0.2) is 0 Å². The lowest BCUT2D eigenvalue weighted by molar-refractivity contribution is -0.387. The number of hydrogen-bond acceptors (Lipinski definition) is 6. The van der Waals surface area contributed by atoms with E-state index in [0.717, 1.165) is 11.8 Å². The summed E-state index contributed by atoms with van der Waals surface area (Å²) in [5.41, 5.74) is 12.2. The molecule has 0 saturated carbocycles. The summed E-state index contributed by atoms with van der Waals surface area (Å²) in [6, 6.07) is 7.95. The molecule has 2 rings (SSSR count). The summed E-state index contributed by atoms with van der Waals surface area (Å²) >= 11 is 7.00. The van der Waals surface area contributed by atoms with Gasteiger partial charge in [-0.15, -0.1) is 11.8 Å². The first kappa shape index (κ1) is 19.5. The molecule has 0 aliphatic carbocycles. The summed E-state index contributed by atoms with van der Waals surface area (Å²) in [6.45, 7) is -0.253. The van der Waals surface area contributed by atoms with Crippen LogP contribution in [0.5, 0.6) is 0 Å². The number of aliphatic hydroxyl groups excluding tert-OH is 1. The maximum Gasteiger partial charge on any atom is 0.284 e. The maximum atomic E-state index is 13.6. The highest BCUT2D eigenvalue weighted by atomic mass is 35.5. The molecule has 2 atom stereocenters. The van der Waals surface area contributed by atoms with Crippen LogP contribution in [0.25, 0.3) is 0 Å². The van der Waals surface area contributed by atoms with Crippen molar-refractivity contribution < 1.29 is 14.4 Å². The molecule has 0 aromatic heterocycles. The predicted octanol–water partition coefficient (Wildman–Crippen LogP) is 3.51. The molecule has 2 aromatic rings. The third-order valence-electron chi connectivity index (χ3n) is 3.52. The van der Waals surface area contributed by atoms with Gasteiger partial charge in [0.05, 0.1) is 27.1 Å². The van der Waals surface area contributed by atoms with E-state index in [4.69, 9.17) is 23.1 Å². The van der Waals surface area contributed by atoms with Gasteiger partial charge < -0.3 is 16.6 Å². The van der Waals surface area contributed by atoms with Crippen molar-refractivity contribution in [1.29, 1.82) is 0 Å². The molecule has 0 unspecified atom stereocenters. The molecular formula is C16H17ClFN3O3S. The standard InChI is InChI=1S/C16H17ClFN3O3S/c17-12-6-14(21(23)24)16(7-13(12)20)25-15(5-11(19)8-22)9-2-1-3-10(18)4-9/h1-4,6-7,11,15,22H,5,8,19-20H2/t11-,15+/m0/s1. The number of hydrogen-bond donors (Lipinski definition) is 3. The molecule has 134 valence electrons. The van der Waals surface area contributed by atoms with E-state index in [2.05, 4.69) is 0 Å². The SMILES string of the molecule is Nc1cc(S[C@H](C[C@H](N)CO)c2cccc(F)c2)c([N+](=O)[O-])cc1Cl. The Morgan fingerprint density at radius 2 is 2.08 bits per heavy atom. The van der Waals surface area contributed by atoms with E-state index in [1.54, 1.807) is 12.1 Å². The molecule has 0 aliphatic rings. The number of nitro benzene ring substituents is 1. The van der Waals surface area contributed by atoms with Gasteiger partial charge in [0.25, 0.3) is 5.69 Å². The highest BCUT2D eigenvalue weighted by molar-refractivity contribution is 7.99. The van der Waals surface area contributed by atoms with Crippen LogP contribution in [-0.4, -0.2) is 22.7 Å². The van der Waals surface area contributed by atoms with E-state index >= 15 is 0 Å². The highest BCUT2D eigenvalue weighted by Gasteiger charge is 2.24. The predicted molar refractivity (Wildman–Crippen MR) is 97.2 cm³/mol. The molecule has 0 aliphatic heterocycles. The molecular weight excluding hydrogens is 369 g/mol.